The second-order valence-electron chi connectivity index (χ2n) is 7.58. The number of carboxylic acid groups (broad SMARTS) is 1. The summed E-state index contributed by atoms with van der Waals surface area (Å²) in [5.74, 6) is 1.05. The van der Waals surface area contributed by atoms with Crippen LogP contribution in [0.25, 0.3) is 11.4 Å². The summed E-state index contributed by atoms with van der Waals surface area (Å²) in [6.45, 7) is 8.91. The van der Waals surface area contributed by atoms with E-state index in [4.69, 9.17) is 14.5 Å². The number of rotatable bonds is 8. The molecule has 2 aromatic rings. The fourth-order valence-corrected chi connectivity index (χ4v) is 4.02. The maximum Gasteiger partial charge on any atom is 0.407 e. The Balaban J connectivity index is 2.05. The van der Waals surface area contributed by atoms with Gasteiger partial charge in [0, 0.05) is 31.3 Å². The average Bonchev–Trinajstić information content (AvgIpc) is 3.18. The Morgan fingerprint density at radius 1 is 1.25 bits per heavy atom. The van der Waals surface area contributed by atoms with Crippen LogP contribution in [0.2, 0.25) is 0 Å². The molecule has 0 bridgehead atoms. The van der Waals surface area contributed by atoms with E-state index in [-0.39, 0.29) is 30.8 Å². The van der Waals surface area contributed by atoms with Crippen molar-refractivity contribution < 1.29 is 19.4 Å². The number of ether oxygens (including phenoxy) is 2. The molecule has 2 aromatic heterocycles. The first-order chi connectivity index (χ1) is 15.3. The van der Waals surface area contributed by atoms with Crippen LogP contribution in [0.1, 0.15) is 32.2 Å². The maximum absolute atomic E-state index is 13.5. The van der Waals surface area contributed by atoms with Crippen molar-refractivity contribution in [3.8, 4) is 17.3 Å². The summed E-state index contributed by atoms with van der Waals surface area (Å²) < 4.78 is 12.6. The third-order valence-corrected chi connectivity index (χ3v) is 5.65. The Labute approximate surface area is 187 Å². The van der Waals surface area contributed by atoms with E-state index >= 15 is 0 Å². The Bertz CT molecular complexity index is 1040. The molecule has 10 heteroatoms. The second kappa shape index (κ2) is 9.99. The molecule has 0 unspecified atom stereocenters. The summed E-state index contributed by atoms with van der Waals surface area (Å²) in [4.78, 5) is 35.5. The van der Waals surface area contributed by atoms with E-state index in [1.807, 2.05) is 33.8 Å². The van der Waals surface area contributed by atoms with Crippen LogP contribution < -0.4 is 15.6 Å². The Morgan fingerprint density at radius 3 is 2.56 bits per heavy atom. The third-order valence-electron chi connectivity index (χ3n) is 5.65. The molecule has 1 fully saturated rings. The average molecular weight is 446 g/mol. The number of likely N-dealkylation sites (tertiary alicyclic amines) is 1. The van der Waals surface area contributed by atoms with Crippen LogP contribution in [0, 0.1) is 6.92 Å². The molecule has 1 aliphatic heterocycles. The van der Waals surface area contributed by atoms with Crippen molar-refractivity contribution in [3.05, 3.63) is 33.9 Å². The highest BCUT2D eigenvalue weighted by Crippen LogP contribution is 2.25. The van der Waals surface area contributed by atoms with E-state index in [0.29, 0.717) is 48.4 Å². The van der Waals surface area contributed by atoms with Gasteiger partial charge in [0.25, 0.3) is 5.56 Å². The zero-order chi connectivity index (χ0) is 23.4. The smallest absolute Gasteiger partial charge is 0.407 e. The SMILES string of the molecule is CCO[C@H]1CN(C(=O)O)C[C@H]1Nc1c(CC)nc(-c2ccc(OC)nc2C)n(CC)c1=O. The molecule has 0 aliphatic carbocycles. The number of aryl methyl sites for hydroxylation is 2. The quantitative estimate of drug-likeness (QED) is 0.636. The molecule has 0 radical (unpaired) electrons. The van der Waals surface area contributed by atoms with Gasteiger partial charge in [-0.05, 0) is 33.3 Å². The number of amides is 1. The zero-order valence-corrected chi connectivity index (χ0v) is 19.2. The van der Waals surface area contributed by atoms with Gasteiger partial charge in [0.1, 0.15) is 11.5 Å². The first kappa shape index (κ1) is 23.5. The minimum Gasteiger partial charge on any atom is -0.481 e. The van der Waals surface area contributed by atoms with Gasteiger partial charge in [-0.2, -0.15) is 0 Å². The van der Waals surface area contributed by atoms with Gasteiger partial charge < -0.3 is 24.8 Å². The predicted octanol–water partition coefficient (Wildman–Crippen LogP) is 2.38. The van der Waals surface area contributed by atoms with Crippen molar-refractivity contribution in [1.82, 2.24) is 19.4 Å². The molecule has 1 aliphatic rings. The van der Waals surface area contributed by atoms with Crippen LogP contribution in [-0.4, -0.2) is 69.6 Å². The number of anilines is 1. The van der Waals surface area contributed by atoms with Gasteiger partial charge in [-0.15, -0.1) is 0 Å². The Morgan fingerprint density at radius 2 is 2.00 bits per heavy atom. The zero-order valence-electron chi connectivity index (χ0n) is 19.2. The fourth-order valence-electron chi connectivity index (χ4n) is 4.02. The highest BCUT2D eigenvalue weighted by Gasteiger charge is 2.37. The van der Waals surface area contributed by atoms with E-state index in [0.717, 1.165) is 5.56 Å². The number of methoxy groups -OCH3 is 1. The Kier molecular flexibility index (Phi) is 7.34. The number of hydrogen-bond donors (Lipinski definition) is 2. The lowest BCUT2D eigenvalue weighted by Crippen LogP contribution is -2.38. The number of carbonyl (C=O) groups is 1. The van der Waals surface area contributed by atoms with Crippen LogP contribution in [-0.2, 0) is 17.7 Å². The van der Waals surface area contributed by atoms with E-state index in [1.54, 1.807) is 17.7 Å². The molecule has 3 heterocycles. The monoisotopic (exact) mass is 445 g/mol. The molecule has 1 saturated heterocycles. The van der Waals surface area contributed by atoms with Crippen LogP contribution in [0.15, 0.2) is 16.9 Å². The van der Waals surface area contributed by atoms with Gasteiger partial charge in [-0.25, -0.2) is 14.8 Å². The highest BCUT2D eigenvalue weighted by atomic mass is 16.5. The van der Waals surface area contributed by atoms with Crippen molar-refractivity contribution in [2.45, 2.75) is 52.8 Å². The molecule has 1 amide bonds. The topological polar surface area (TPSA) is 119 Å². The summed E-state index contributed by atoms with van der Waals surface area (Å²) in [7, 11) is 1.56. The lowest BCUT2D eigenvalue weighted by atomic mass is 10.1. The summed E-state index contributed by atoms with van der Waals surface area (Å²) in [6, 6.07) is 3.26. The second-order valence-corrected chi connectivity index (χ2v) is 7.58. The van der Waals surface area contributed by atoms with Crippen LogP contribution in [0.5, 0.6) is 5.88 Å². The highest BCUT2D eigenvalue weighted by molar-refractivity contribution is 5.66. The standard InChI is InChI=1S/C22H31N5O5/c1-6-15-19(24-16-11-26(22(29)30)12-17(16)32-8-3)21(28)27(7-2)20(25-15)14-9-10-18(31-5)23-13(14)4/h9-10,16-17,24H,6-8,11-12H2,1-5H3,(H,29,30)/t16-,17+/m1/s1. The molecule has 32 heavy (non-hydrogen) atoms. The van der Waals surface area contributed by atoms with E-state index in [9.17, 15) is 14.7 Å². The van der Waals surface area contributed by atoms with Crippen molar-refractivity contribution in [1.29, 1.82) is 0 Å². The van der Waals surface area contributed by atoms with Gasteiger partial charge in [-0.1, -0.05) is 6.92 Å². The maximum atomic E-state index is 13.5. The van der Waals surface area contributed by atoms with E-state index in [1.165, 1.54) is 4.90 Å². The van der Waals surface area contributed by atoms with E-state index in [2.05, 4.69) is 10.3 Å². The van der Waals surface area contributed by atoms with Crippen LogP contribution in [0.3, 0.4) is 0 Å². The minimum absolute atomic E-state index is 0.200. The van der Waals surface area contributed by atoms with Gasteiger partial charge in [0.15, 0.2) is 0 Å². The summed E-state index contributed by atoms with van der Waals surface area (Å²) in [6.07, 6.45) is -0.813. The lowest BCUT2D eigenvalue weighted by molar-refractivity contribution is 0.0629. The largest absolute Gasteiger partial charge is 0.481 e. The van der Waals surface area contributed by atoms with Crippen molar-refractivity contribution in [2.24, 2.45) is 0 Å². The van der Waals surface area contributed by atoms with Crippen molar-refractivity contribution in [2.75, 3.05) is 32.1 Å². The minimum atomic E-state index is -1.00. The van der Waals surface area contributed by atoms with Crippen LogP contribution >= 0.6 is 0 Å². The summed E-state index contributed by atoms with van der Waals surface area (Å²) in [5.41, 5.74) is 2.28. The molecular weight excluding hydrogens is 414 g/mol. The number of hydrogen-bond acceptors (Lipinski definition) is 7. The number of nitrogens with one attached hydrogen (secondary N) is 1. The lowest BCUT2D eigenvalue weighted by Gasteiger charge is -2.23. The van der Waals surface area contributed by atoms with Crippen LogP contribution in [0.4, 0.5) is 10.5 Å². The first-order valence-electron chi connectivity index (χ1n) is 10.9. The number of aromatic nitrogens is 3. The molecule has 3 rings (SSSR count). The molecule has 0 spiro atoms. The van der Waals surface area contributed by atoms with Gasteiger partial charge >= 0.3 is 6.09 Å². The molecule has 2 atom stereocenters. The molecule has 0 aromatic carbocycles. The number of pyridine rings is 1. The number of nitrogens with zero attached hydrogens (tertiary/aromatic N) is 4. The van der Waals surface area contributed by atoms with Crippen molar-refractivity contribution in [3.63, 3.8) is 0 Å². The fraction of sp³-hybridized carbons (Fsp3) is 0.545. The normalized spacial score (nSPS) is 18.1. The van der Waals surface area contributed by atoms with Gasteiger partial charge in [0.2, 0.25) is 5.88 Å². The summed E-state index contributed by atoms with van der Waals surface area (Å²) in [5, 5.41) is 12.7. The molecule has 174 valence electrons. The predicted molar refractivity (Wildman–Crippen MR) is 120 cm³/mol. The van der Waals surface area contributed by atoms with Gasteiger partial charge in [-0.3, -0.25) is 9.36 Å². The van der Waals surface area contributed by atoms with Gasteiger partial charge in [0.05, 0.1) is 37.2 Å². The Hall–Kier alpha value is -3.14. The molecule has 10 nitrogen and oxygen atoms in total. The third kappa shape index (κ3) is 4.55. The molecule has 2 N–H and O–H groups in total. The van der Waals surface area contributed by atoms with Crippen molar-refractivity contribution >= 4 is 11.8 Å². The molecular formula is C22H31N5O5. The summed E-state index contributed by atoms with van der Waals surface area (Å²) >= 11 is 0. The first-order valence-corrected chi connectivity index (χ1v) is 10.9. The van der Waals surface area contributed by atoms with E-state index < -0.39 is 6.09 Å². The molecule has 0 saturated carbocycles.